The fourth-order valence-corrected chi connectivity index (χ4v) is 8.50. The van der Waals surface area contributed by atoms with Crippen LogP contribution in [0, 0.1) is 12.7 Å². The van der Waals surface area contributed by atoms with Crippen molar-refractivity contribution >= 4 is 46.3 Å². The van der Waals surface area contributed by atoms with Gasteiger partial charge in [0.2, 0.25) is 11.8 Å². The fourth-order valence-electron chi connectivity index (χ4n) is 8.50. The highest BCUT2D eigenvalue weighted by Crippen LogP contribution is 2.40. The molecule has 12 nitrogen and oxygen atoms in total. The minimum Gasteiger partial charge on any atom is -0.489 e. The monoisotopic (exact) mass is 844 g/mol. The van der Waals surface area contributed by atoms with Gasteiger partial charge in [0.25, 0.3) is 5.91 Å². The fraction of sp³-hybridized carbons (Fsp3) is 0.422. The third kappa shape index (κ3) is 10.2. The summed E-state index contributed by atoms with van der Waals surface area (Å²) in [5, 5.41) is 10.8. The second-order valence-electron chi connectivity index (χ2n) is 16.2. The van der Waals surface area contributed by atoms with Crippen LogP contribution in [0.15, 0.2) is 66.9 Å². The average Bonchev–Trinajstić information content (AvgIpc) is 3.22. The third-order valence-electron chi connectivity index (χ3n) is 11.6. The number of piperazine rings is 1. The number of halogens is 4. The molecule has 16 heteroatoms. The lowest BCUT2D eigenvalue weighted by molar-refractivity contribution is -0.137. The molecule has 0 spiro atoms. The SMILES string of the molecule is CNC(=O)c1ccccc1Nc1cc(Nc2cc(C)c(N3CCN(C4CCN(Cc5ccc(C6CCC(=O)NC6=O)c(F)c5)CC4)CC3)cc2OC(C)C)ncc1C(F)(F)F. The van der Waals surface area contributed by atoms with Crippen molar-refractivity contribution in [2.45, 2.75) is 77.2 Å². The quantitative estimate of drug-likeness (QED) is 0.0841. The van der Waals surface area contributed by atoms with Crippen molar-refractivity contribution in [1.29, 1.82) is 0 Å². The standard InChI is InChI=1S/C45H52F4N8O4/c1-27(2)61-40-24-39(28(3)21-38(40)53-41-23-37(34(25-51-41)45(47,48)49)52-36-8-6-5-7-33(36)43(59)50-4)57-19-17-56(18-20-57)30-13-15-55(16-14-30)26-29-9-10-31(35(46)22-29)32-11-12-42(58)54-44(32)60/h5-10,21-25,27,30,32H,11-20,26H2,1-4H3,(H,50,59)(H2,51,52,53)(H,54,58,60). The number of para-hydroxylation sites is 1. The van der Waals surface area contributed by atoms with Gasteiger partial charge in [-0.1, -0.05) is 24.3 Å². The number of likely N-dealkylation sites (tertiary alicyclic amines) is 1. The number of nitrogens with one attached hydrogen (secondary N) is 4. The second-order valence-corrected chi connectivity index (χ2v) is 16.2. The number of piperidine rings is 2. The van der Waals surface area contributed by atoms with E-state index in [9.17, 15) is 27.6 Å². The van der Waals surface area contributed by atoms with Gasteiger partial charge in [-0.05, 0) is 88.5 Å². The summed E-state index contributed by atoms with van der Waals surface area (Å²) in [6, 6.07) is 17.0. The van der Waals surface area contributed by atoms with Gasteiger partial charge < -0.3 is 25.6 Å². The van der Waals surface area contributed by atoms with Crippen LogP contribution in [0.2, 0.25) is 0 Å². The van der Waals surface area contributed by atoms with Gasteiger partial charge in [0.05, 0.1) is 40.2 Å². The van der Waals surface area contributed by atoms with Crippen LogP contribution in [0.1, 0.15) is 78.1 Å². The highest BCUT2D eigenvalue weighted by molar-refractivity contribution is 6.01. The van der Waals surface area contributed by atoms with E-state index in [2.05, 4.69) is 41.0 Å². The summed E-state index contributed by atoms with van der Waals surface area (Å²) in [6.45, 7) is 11.6. The van der Waals surface area contributed by atoms with E-state index in [1.807, 2.05) is 39.0 Å². The Morgan fingerprint density at radius 1 is 0.918 bits per heavy atom. The van der Waals surface area contributed by atoms with Crippen LogP contribution in [-0.4, -0.2) is 91.0 Å². The lowest BCUT2D eigenvalue weighted by atomic mass is 9.89. The number of benzene rings is 3. The highest BCUT2D eigenvalue weighted by Gasteiger charge is 2.35. The van der Waals surface area contributed by atoms with Gasteiger partial charge in [0, 0.05) is 81.8 Å². The first-order valence-electron chi connectivity index (χ1n) is 20.7. The first kappa shape index (κ1) is 43.4. The Morgan fingerprint density at radius 3 is 2.33 bits per heavy atom. The van der Waals surface area contributed by atoms with E-state index >= 15 is 4.39 Å². The molecule has 4 heterocycles. The molecule has 1 atom stereocenters. The number of anilines is 5. The zero-order valence-corrected chi connectivity index (χ0v) is 34.8. The van der Waals surface area contributed by atoms with Crippen molar-refractivity contribution in [3.05, 3.63) is 100 Å². The maximum atomic E-state index is 15.1. The van der Waals surface area contributed by atoms with E-state index in [0.29, 0.717) is 36.0 Å². The Bertz CT molecular complexity index is 2250. The van der Waals surface area contributed by atoms with E-state index in [1.54, 1.807) is 24.3 Å². The van der Waals surface area contributed by atoms with Gasteiger partial charge in [-0.2, -0.15) is 13.2 Å². The summed E-state index contributed by atoms with van der Waals surface area (Å²) < 4.78 is 63.9. The number of aromatic nitrogens is 1. The van der Waals surface area contributed by atoms with Crippen LogP contribution in [-0.2, 0) is 22.3 Å². The Labute approximate surface area is 353 Å². The second kappa shape index (κ2) is 18.5. The molecule has 324 valence electrons. The van der Waals surface area contributed by atoms with E-state index in [1.165, 1.54) is 25.2 Å². The van der Waals surface area contributed by atoms with Crippen molar-refractivity contribution in [2.24, 2.45) is 0 Å². The summed E-state index contributed by atoms with van der Waals surface area (Å²) in [6.07, 6.45) is -1.61. The number of rotatable bonds is 12. The molecule has 3 aromatic carbocycles. The van der Waals surface area contributed by atoms with Crippen LogP contribution in [0.25, 0.3) is 0 Å². The van der Waals surface area contributed by atoms with E-state index in [-0.39, 0.29) is 41.2 Å². The van der Waals surface area contributed by atoms with Crippen molar-refractivity contribution in [3.8, 4) is 5.75 Å². The van der Waals surface area contributed by atoms with Crippen molar-refractivity contribution in [3.63, 3.8) is 0 Å². The molecule has 0 saturated carbocycles. The lowest BCUT2D eigenvalue weighted by Gasteiger charge is -2.43. The largest absolute Gasteiger partial charge is 0.489 e. The molecule has 0 radical (unpaired) electrons. The number of nitrogens with zero attached hydrogens (tertiary/aromatic N) is 4. The number of carbonyl (C=O) groups excluding carboxylic acids is 3. The number of amides is 3. The van der Waals surface area contributed by atoms with E-state index in [4.69, 9.17) is 4.74 Å². The van der Waals surface area contributed by atoms with Crippen LogP contribution in [0.3, 0.4) is 0 Å². The number of aryl methyl sites for hydroxylation is 1. The number of hydrogen-bond acceptors (Lipinski definition) is 10. The summed E-state index contributed by atoms with van der Waals surface area (Å²) in [4.78, 5) is 47.7. The molecule has 1 unspecified atom stereocenters. The molecular formula is C45H52F4N8O4. The van der Waals surface area contributed by atoms with Crippen molar-refractivity contribution < 1.29 is 36.7 Å². The van der Waals surface area contributed by atoms with E-state index < -0.39 is 35.3 Å². The molecule has 4 aromatic rings. The molecule has 4 N–H and O–H groups in total. The zero-order chi connectivity index (χ0) is 43.4. The molecule has 61 heavy (non-hydrogen) atoms. The van der Waals surface area contributed by atoms with Gasteiger partial charge in [-0.15, -0.1) is 0 Å². The van der Waals surface area contributed by atoms with E-state index in [0.717, 1.165) is 75.1 Å². The summed E-state index contributed by atoms with van der Waals surface area (Å²) in [5.74, 6) is -1.57. The molecule has 1 aromatic heterocycles. The summed E-state index contributed by atoms with van der Waals surface area (Å²) in [5.41, 5.74) is 2.88. The molecule has 3 amide bonds. The van der Waals surface area contributed by atoms with Crippen LogP contribution in [0.4, 0.5) is 46.1 Å². The maximum Gasteiger partial charge on any atom is 0.419 e. The Kier molecular flexibility index (Phi) is 13.1. The predicted molar refractivity (Wildman–Crippen MR) is 226 cm³/mol. The number of carbonyl (C=O) groups is 3. The molecule has 3 fully saturated rings. The minimum absolute atomic E-state index is 0.156. The number of imide groups is 1. The summed E-state index contributed by atoms with van der Waals surface area (Å²) >= 11 is 0. The number of hydrogen-bond donors (Lipinski definition) is 4. The van der Waals surface area contributed by atoms with Gasteiger partial charge in [0.1, 0.15) is 17.4 Å². The molecular weight excluding hydrogens is 793 g/mol. The van der Waals surface area contributed by atoms with Gasteiger partial charge in [-0.25, -0.2) is 9.37 Å². The highest BCUT2D eigenvalue weighted by atomic mass is 19.4. The zero-order valence-electron chi connectivity index (χ0n) is 34.8. The Balaban J connectivity index is 0.982. The molecule has 3 aliphatic rings. The van der Waals surface area contributed by atoms with Crippen LogP contribution < -0.4 is 30.9 Å². The molecule has 0 bridgehead atoms. The Hall–Kier alpha value is -5.74. The lowest BCUT2D eigenvalue weighted by Crippen LogP contribution is -2.53. The smallest absolute Gasteiger partial charge is 0.419 e. The first-order chi connectivity index (χ1) is 29.2. The molecule has 3 aliphatic heterocycles. The number of ether oxygens (including phenoxy) is 1. The topological polar surface area (TPSA) is 131 Å². The molecule has 3 saturated heterocycles. The molecule has 0 aliphatic carbocycles. The molecule has 7 rings (SSSR count). The van der Waals surface area contributed by atoms with Crippen LogP contribution >= 0.6 is 0 Å². The average molecular weight is 845 g/mol. The van der Waals surface area contributed by atoms with Crippen LogP contribution in [0.5, 0.6) is 5.75 Å². The van der Waals surface area contributed by atoms with Crippen molar-refractivity contribution in [1.82, 2.24) is 25.4 Å². The number of pyridine rings is 1. The third-order valence-corrected chi connectivity index (χ3v) is 11.6. The van der Waals surface area contributed by atoms with Gasteiger partial charge in [-0.3, -0.25) is 29.5 Å². The summed E-state index contributed by atoms with van der Waals surface area (Å²) in [7, 11) is 1.45. The minimum atomic E-state index is -4.71. The normalized spacial score (nSPS) is 18.2. The van der Waals surface area contributed by atoms with Gasteiger partial charge in [0.15, 0.2) is 0 Å². The maximum absolute atomic E-state index is 15.1. The van der Waals surface area contributed by atoms with Gasteiger partial charge >= 0.3 is 6.18 Å². The number of alkyl halides is 3. The first-order valence-corrected chi connectivity index (χ1v) is 20.7. The Morgan fingerprint density at radius 2 is 1.66 bits per heavy atom. The van der Waals surface area contributed by atoms with Crippen molar-refractivity contribution in [2.75, 3.05) is 61.8 Å². The predicted octanol–water partition coefficient (Wildman–Crippen LogP) is 7.49.